The predicted molar refractivity (Wildman–Crippen MR) is 105 cm³/mol. The summed E-state index contributed by atoms with van der Waals surface area (Å²) in [5.74, 6) is -0.638. The molecule has 2 rings (SSSR count). The van der Waals surface area contributed by atoms with Gasteiger partial charge in [-0.2, -0.15) is 0 Å². The van der Waals surface area contributed by atoms with Crippen molar-refractivity contribution in [1.29, 1.82) is 0 Å². The Labute approximate surface area is 154 Å². The summed E-state index contributed by atoms with van der Waals surface area (Å²) in [6.45, 7) is 7.08. The van der Waals surface area contributed by atoms with Crippen LogP contribution in [0, 0.1) is 19.8 Å². The topological polar surface area (TPSA) is 101 Å². The smallest absolute Gasteiger partial charge is 0.262 e. The average molecular weight is 375 g/mol. The Hall–Kier alpha value is -2.38. The fourth-order valence-electron chi connectivity index (χ4n) is 2.38. The van der Waals surface area contributed by atoms with Gasteiger partial charge in [-0.3, -0.25) is 9.52 Å². The summed E-state index contributed by atoms with van der Waals surface area (Å²) >= 11 is 0. The van der Waals surface area contributed by atoms with Gasteiger partial charge < -0.3 is 11.1 Å². The van der Waals surface area contributed by atoms with Gasteiger partial charge >= 0.3 is 0 Å². The van der Waals surface area contributed by atoms with Crippen molar-refractivity contribution in [3.05, 3.63) is 53.6 Å². The second kappa shape index (κ2) is 7.88. The minimum atomic E-state index is -3.78. The molecule has 0 aliphatic heterocycles. The zero-order chi connectivity index (χ0) is 19.5. The van der Waals surface area contributed by atoms with Gasteiger partial charge in [-0.1, -0.05) is 25.1 Å². The van der Waals surface area contributed by atoms with Gasteiger partial charge in [0.2, 0.25) is 5.91 Å². The number of benzene rings is 2. The Balaban J connectivity index is 2.29. The first kappa shape index (κ1) is 19.9. The summed E-state index contributed by atoms with van der Waals surface area (Å²) in [5.41, 5.74) is 8.19. The van der Waals surface area contributed by atoms with Crippen LogP contribution in [0.4, 0.5) is 11.4 Å². The number of nitrogens with two attached hydrogens (primary N) is 1. The number of hydrogen-bond acceptors (Lipinski definition) is 4. The molecule has 1 amide bonds. The Morgan fingerprint density at radius 2 is 1.73 bits per heavy atom. The first-order chi connectivity index (χ1) is 12.1. The van der Waals surface area contributed by atoms with Crippen LogP contribution in [0.1, 0.15) is 25.0 Å². The number of carbonyl (C=O) groups excluding carboxylic acids is 1. The summed E-state index contributed by atoms with van der Waals surface area (Å²) < 4.78 is 28.1. The lowest BCUT2D eigenvalue weighted by molar-refractivity contribution is -0.119. The van der Waals surface area contributed by atoms with E-state index in [1.54, 1.807) is 51.1 Å². The van der Waals surface area contributed by atoms with Gasteiger partial charge in [0.25, 0.3) is 10.0 Å². The molecule has 140 valence electrons. The lowest BCUT2D eigenvalue weighted by atomic mass is 10.0. The highest BCUT2D eigenvalue weighted by Gasteiger charge is 2.20. The van der Waals surface area contributed by atoms with Crippen molar-refractivity contribution in [2.24, 2.45) is 11.7 Å². The van der Waals surface area contributed by atoms with Gasteiger partial charge in [-0.05, 0) is 56.2 Å². The average Bonchev–Trinajstić information content (AvgIpc) is 2.55. The molecule has 0 radical (unpaired) electrons. The van der Waals surface area contributed by atoms with Crippen LogP contribution in [0.15, 0.2) is 47.4 Å². The maximum absolute atomic E-state index is 12.8. The number of carbonyl (C=O) groups is 1. The molecule has 6 nitrogen and oxygen atoms in total. The molecule has 0 aliphatic carbocycles. The Morgan fingerprint density at radius 1 is 1.04 bits per heavy atom. The zero-order valence-electron chi connectivity index (χ0n) is 15.4. The fourth-order valence-corrected chi connectivity index (χ4v) is 3.70. The van der Waals surface area contributed by atoms with Crippen LogP contribution in [0.5, 0.6) is 0 Å². The van der Waals surface area contributed by atoms with Gasteiger partial charge in [-0.25, -0.2) is 8.42 Å². The van der Waals surface area contributed by atoms with E-state index in [2.05, 4.69) is 10.0 Å². The molecular weight excluding hydrogens is 350 g/mol. The number of amides is 1. The number of anilines is 2. The minimum Gasteiger partial charge on any atom is -0.327 e. The predicted octanol–water partition coefficient (Wildman–Crippen LogP) is 3.03. The Bertz CT molecular complexity index is 908. The third kappa shape index (κ3) is 4.83. The second-order valence-corrected chi connectivity index (χ2v) is 8.24. The van der Waals surface area contributed by atoms with E-state index in [9.17, 15) is 13.2 Å². The van der Waals surface area contributed by atoms with Crippen LogP contribution < -0.4 is 15.8 Å². The van der Waals surface area contributed by atoms with Crippen LogP contribution in [-0.2, 0) is 14.8 Å². The molecular formula is C19H25N3O3S. The van der Waals surface area contributed by atoms with Crippen molar-refractivity contribution in [1.82, 2.24) is 0 Å². The van der Waals surface area contributed by atoms with Gasteiger partial charge in [0.15, 0.2) is 0 Å². The van der Waals surface area contributed by atoms with Crippen molar-refractivity contribution in [2.45, 2.75) is 38.6 Å². The highest BCUT2D eigenvalue weighted by atomic mass is 32.2. The van der Waals surface area contributed by atoms with Crippen LogP contribution in [0.2, 0.25) is 0 Å². The van der Waals surface area contributed by atoms with E-state index in [0.29, 0.717) is 16.9 Å². The lowest BCUT2D eigenvalue weighted by Gasteiger charge is -2.17. The molecule has 26 heavy (non-hydrogen) atoms. The van der Waals surface area contributed by atoms with E-state index in [1.807, 2.05) is 13.0 Å². The van der Waals surface area contributed by atoms with E-state index >= 15 is 0 Å². The molecule has 2 aromatic carbocycles. The van der Waals surface area contributed by atoms with Crippen LogP contribution in [0.3, 0.4) is 0 Å². The van der Waals surface area contributed by atoms with Gasteiger partial charge in [-0.15, -0.1) is 0 Å². The SMILES string of the molecule is Cc1cccc(NS(=O)(=O)c2cc(NC(=O)C(C)C(C)N)ccc2C)c1. The van der Waals surface area contributed by atoms with Gasteiger partial charge in [0.05, 0.1) is 10.8 Å². The molecule has 2 atom stereocenters. The third-order valence-electron chi connectivity index (χ3n) is 4.22. The Morgan fingerprint density at radius 3 is 2.35 bits per heavy atom. The van der Waals surface area contributed by atoms with Crippen LogP contribution in [-0.4, -0.2) is 20.4 Å². The first-order valence-corrected chi connectivity index (χ1v) is 9.85. The molecule has 2 unspecified atom stereocenters. The summed E-state index contributed by atoms with van der Waals surface area (Å²) in [4.78, 5) is 12.3. The Kier molecular flexibility index (Phi) is 6.05. The van der Waals surface area contributed by atoms with E-state index in [-0.39, 0.29) is 22.8 Å². The lowest BCUT2D eigenvalue weighted by Crippen LogP contribution is -2.34. The second-order valence-electron chi connectivity index (χ2n) is 6.59. The van der Waals surface area contributed by atoms with Crippen LogP contribution >= 0.6 is 0 Å². The fraction of sp³-hybridized carbons (Fsp3) is 0.316. The number of aryl methyl sites for hydroxylation is 2. The maximum atomic E-state index is 12.8. The normalized spacial score (nSPS) is 13.7. The number of sulfonamides is 1. The maximum Gasteiger partial charge on any atom is 0.262 e. The highest BCUT2D eigenvalue weighted by Crippen LogP contribution is 2.24. The number of rotatable bonds is 6. The molecule has 0 bridgehead atoms. The van der Waals surface area contributed by atoms with E-state index in [0.717, 1.165) is 5.56 Å². The minimum absolute atomic E-state index is 0.116. The number of hydrogen-bond donors (Lipinski definition) is 3. The van der Waals surface area contributed by atoms with Gasteiger partial charge in [0, 0.05) is 17.4 Å². The van der Waals surface area contributed by atoms with E-state index in [1.165, 1.54) is 6.07 Å². The summed E-state index contributed by atoms with van der Waals surface area (Å²) in [6, 6.07) is 11.6. The molecule has 7 heteroatoms. The summed E-state index contributed by atoms with van der Waals surface area (Å²) in [5, 5.41) is 2.72. The third-order valence-corrected chi connectivity index (χ3v) is 5.74. The van der Waals surface area contributed by atoms with Crippen molar-refractivity contribution >= 4 is 27.3 Å². The van der Waals surface area contributed by atoms with E-state index in [4.69, 9.17) is 5.73 Å². The first-order valence-electron chi connectivity index (χ1n) is 8.37. The molecule has 0 saturated heterocycles. The monoisotopic (exact) mass is 375 g/mol. The van der Waals surface area contributed by atoms with Crippen LogP contribution in [0.25, 0.3) is 0 Å². The number of nitrogens with one attached hydrogen (secondary N) is 2. The zero-order valence-corrected chi connectivity index (χ0v) is 16.2. The molecule has 0 aromatic heterocycles. The molecule has 4 N–H and O–H groups in total. The standard InChI is InChI=1S/C19H25N3O3S/c1-12-6-5-7-17(10-12)22-26(24,25)18-11-16(9-8-13(18)2)21-19(23)14(3)15(4)20/h5-11,14-15,22H,20H2,1-4H3,(H,21,23). The largest absolute Gasteiger partial charge is 0.327 e. The van der Waals surface area contributed by atoms with Gasteiger partial charge in [0.1, 0.15) is 0 Å². The molecule has 0 saturated carbocycles. The van der Waals surface area contributed by atoms with E-state index < -0.39 is 10.0 Å². The summed E-state index contributed by atoms with van der Waals surface area (Å²) in [6.07, 6.45) is 0. The highest BCUT2D eigenvalue weighted by molar-refractivity contribution is 7.92. The summed E-state index contributed by atoms with van der Waals surface area (Å²) in [7, 11) is -3.78. The quantitative estimate of drug-likeness (QED) is 0.722. The van der Waals surface area contributed by atoms with Crippen molar-refractivity contribution in [3.8, 4) is 0 Å². The van der Waals surface area contributed by atoms with Crippen molar-refractivity contribution < 1.29 is 13.2 Å². The molecule has 2 aromatic rings. The van der Waals surface area contributed by atoms with Crippen molar-refractivity contribution in [2.75, 3.05) is 10.0 Å². The molecule has 0 fully saturated rings. The molecule has 0 heterocycles. The molecule has 0 spiro atoms. The van der Waals surface area contributed by atoms with Crippen molar-refractivity contribution in [3.63, 3.8) is 0 Å². The molecule has 0 aliphatic rings.